The molecule has 0 aliphatic heterocycles. The quantitative estimate of drug-likeness (QED) is 0.544. The summed E-state index contributed by atoms with van der Waals surface area (Å²) in [5.74, 6) is -0.939. The van der Waals surface area contributed by atoms with Crippen molar-refractivity contribution in [2.24, 2.45) is 5.41 Å². The van der Waals surface area contributed by atoms with Crippen molar-refractivity contribution in [2.45, 2.75) is 33.6 Å². The summed E-state index contributed by atoms with van der Waals surface area (Å²) in [5, 5.41) is 14.0. The summed E-state index contributed by atoms with van der Waals surface area (Å²) in [6.07, 6.45) is 2.09. The first-order valence-corrected chi connectivity index (χ1v) is 6.23. The largest absolute Gasteiger partial charge is 0.481 e. The van der Waals surface area contributed by atoms with Crippen molar-refractivity contribution < 1.29 is 19.4 Å². The van der Waals surface area contributed by atoms with Gasteiger partial charge in [-0.1, -0.05) is 13.3 Å². The van der Waals surface area contributed by atoms with E-state index in [4.69, 9.17) is 9.84 Å². The van der Waals surface area contributed by atoms with E-state index < -0.39 is 11.4 Å². The number of carbonyl (C=O) groups excluding carboxylic acids is 1. The van der Waals surface area contributed by atoms with Crippen LogP contribution in [0.1, 0.15) is 33.6 Å². The molecular formula is C12H24N2O4. The molecule has 6 heteroatoms. The molecule has 0 aromatic heterocycles. The summed E-state index contributed by atoms with van der Waals surface area (Å²) in [6.45, 7) is 6.88. The highest BCUT2D eigenvalue weighted by Gasteiger charge is 2.27. The standard InChI is InChI=1S/C12H24N2O4/c1-4-5-7-18-8-6-13-11(17)14-9-12(2,3)10(15)16/h4-9H2,1-3H3,(H,15,16)(H2,13,14,17). The van der Waals surface area contributed by atoms with Gasteiger partial charge >= 0.3 is 12.0 Å². The first kappa shape index (κ1) is 16.7. The molecule has 0 spiro atoms. The Morgan fingerprint density at radius 3 is 2.44 bits per heavy atom. The first-order chi connectivity index (χ1) is 8.40. The Morgan fingerprint density at radius 1 is 1.22 bits per heavy atom. The number of amides is 2. The summed E-state index contributed by atoms with van der Waals surface area (Å²) >= 11 is 0. The molecular weight excluding hydrogens is 236 g/mol. The highest BCUT2D eigenvalue weighted by Crippen LogP contribution is 2.12. The number of rotatable bonds is 9. The number of carboxylic acid groups (broad SMARTS) is 1. The molecule has 0 aliphatic rings. The summed E-state index contributed by atoms with van der Waals surface area (Å²) < 4.78 is 5.27. The van der Waals surface area contributed by atoms with Crippen molar-refractivity contribution in [3.63, 3.8) is 0 Å². The fourth-order valence-electron chi connectivity index (χ4n) is 1.02. The maximum absolute atomic E-state index is 11.3. The topological polar surface area (TPSA) is 87.7 Å². The van der Waals surface area contributed by atoms with Crippen molar-refractivity contribution in [1.29, 1.82) is 0 Å². The van der Waals surface area contributed by atoms with E-state index in [-0.39, 0.29) is 12.6 Å². The highest BCUT2D eigenvalue weighted by atomic mass is 16.5. The van der Waals surface area contributed by atoms with Gasteiger partial charge in [0.05, 0.1) is 12.0 Å². The monoisotopic (exact) mass is 260 g/mol. The molecule has 0 bridgehead atoms. The molecule has 0 saturated carbocycles. The molecule has 18 heavy (non-hydrogen) atoms. The first-order valence-electron chi connectivity index (χ1n) is 6.23. The number of unbranched alkanes of at least 4 members (excludes halogenated alkanes) is 1. The third kappa shape index (κ3) is 7.89. The van der Waals surface area contributed by atoms with Gasteiger partial charge < -0.3 is 20.5 Å². The Bertz CT molecular complexity index is 267. The molecule has 0 aromatic rings. The molecule has 2 amide bonds. The van der Waals surface area contributed by atoms with Crippen LogP contribution in [-0.2, 0) is 9.53 Å². The van der Waals surface area contributed by atoms with Gasteiger partial charge in [-0.25, -0.2) is 4.79 Å². The average Bonchev–Trinajstić information content (AvgIpc) is 2.31. The minimum atomic E-state index is -0.963. The fourth-order valence-corrected chi connectivity index (χ4v) is 1.02. The van der Waals surface area contributed by atoms with E-state index in [1.807, 2.05) is 0 Å². The van der Waals surface area contributed by atoms with Crippen LogP contribution in [0.2, 0.25) is 0 Å². The van der Waals surface area contributed by atoms with E-state index in [1.165, 1.54) is 0 Å². The van der Waals surface area contributed by atoms with E-state index >= 15 is 0 Å². The summed E-state index contributed by atoms with van der Waals surface area (Å²) in [7, 11) is 0. The van der Waals surface area contributed by atoms with Crippen molar-refractivity contribution in [3.8, 4) is 0 Å². The third-order valence-corrected chi connectivity index (χ3v) is 2.44. The maximum atomic E-state index is 11.3. The molecule has 3 N–H and O–H groups in total. The van der Waals surface area contributed by atoms with Crippen LogP contribution >= 0.6 is 0 Å². The minimum Gasteiger partial charge on any atom is -0.481 e. The van der Waals surface area contributed by atoms with Crippen LogP contribution < -0.4 is 10.6 Å². The Morgan fingerprint density at radius 2 is 1.89 bits per heavy atom. The zero-order valence-electron chi connectivity index (χ0n) is 11.4. The van der Waals surface area contributed by atoms with Crippen LogP contribution in [0.4, 0.5) is 4.79 Å². The second kappa shape index (κ2) is 8.74. The van der Waals surface area contributed by atoms with Gasteiger partial charge in [-0.2, -0.15) is 0 Å². The highest BCUT2D eigenvalue weighted by molar-refractivity contribution is 5.77. The molecule has 0 unspecified atom stereocenters. The lowest BCUT2D eigenvalue weighted by Crippen LogP contribution is -2.44. The van der Waals surface area contributed by atoms with E-state index in [2.05, 4.69) is 17.6 Å². The predicted molar refractivity (Wildman–Crippen MR) is 68.5 cm³/mol. The third-order valence-electron chi connectivity index (χ3n) is 2.44. The number of carboxylic acids is 1. The molecule has 0 aliphatic carbocycles. The number of urea groups is 1. The van der Waals surface area contributed by atoms with E-state index in [0.717, 1.165) is 12.8 Å². The Labute approximate surface area is 108 Å². The zero-order chi connectivity index (χ0) is 14.0. The second-order valence-corrected chi connectivity index (χ2v) is 4.76. The molecule has 0 atom stereocenters. The molecule has 0 aromatic carbocycles. The van der Waals surface area contributed by atoms with Crippen LogP contribution in [0.15, 0.2) is 0 Å². The van der Waals surface area contributed by atoms with Crippen molar-refractivity contribution >= 4 is 12.0 Å². The average molecular weight is 260 g/mol. The van der Waals surface area contributed by atoms with Gasteiger partial charge in [0.2, 0.25) is 0 Å². The molecule has 6 nitrogen and oxygen atoms in total. The lowest BCUT2D eigenvalue weighted by Gasteiger charge is -2.19. The van der Waals surface area contributed by atoms with Crippen LogP contribution in [0.5, 0.6) is 0 Å². The number of nitrogens with one attached hydrogen (secondary N) is 2. The van der Waals surface area contributed by atoms with Crippen LogP contribution in [0, 0.1) is 5.41 Å². The van der Waals surface area contributed by atoms with Crippen molar-refractivity contribution in [3.05, 3.63) is 0 Å². The number of carbonyl (C=O) groups is 2. The fraction of sp³-hybridized carbons (Fsp3) is 0.833. The van der Waals surface area contributed by atoms with E-state index in [0.29, 0.717) is 19.8 Å². The Balaban J connectivity index is 3.58. The summed E-state index contributed by atoms with van der Waals surface area (Å²) in [6, 6.07) is -0.372. The lowest BCUT2D eigenvalue weighted by molar-refractivity contribution is -0.146. The second-order valence-electron chi connectivity index (χ2n) is 4.76. The molecule has 0 saturated heterocycles. The smallest absolute Gasteiger partial charge is 0.314 e. The summed E-state index contributed by atoms with van der Waals surface area (Å²) in [4.78, 5) is 22.1. The van der Waals surface area contributed by atoms with E-state index in [9.17, 15) is 9.59 Å². The Hall–Kier alpha value is -1.30. The van der Waals surface area contributed by atoms with Gasteiger partial charge in [0.15, 0.2) is 0 Å². The van der Waals surface area contributed by atoms with Gasteiger partial charge in [0, 0.05) is 19.7 Å². The minimum absolute atomic E-state index is 0.0882. The number of hydrogen-bond acceptors (Lipinski definition) is 3. The predicted octanol–water partition coefficient (Wildman–Crippen LogP) is 1.21. The normalized spacial score (nSPS) is 11.1. The van der Waals surface area contributed by atoms with Crippen LogP contribution in [-0.4, -0.2) is 43.4 Å². The Kier molecular flexibility index (Phi) is 8.11. The van der Waals surface area contributed by atoms with Crippen LogP contribution in [0.3, 0.4) is 0 Å². The molecule has 0 heterocycles. The lowest BCUT2D eigenvalue weighted by atomic mass is 9.94. The summed E-state index contributed by atoms with van der Waals surface area (Å²) in [5.41, 5.74) is -0.963. The van der Waals surface area contributed by atoms with Gasteiger partial charge in [-0.05, 0) is 20.3 Å². The number of aliphatic carboxylic acids is 1. The number of ether oxygens (including phenoxy) is 1. The molecule has 106 valence electrons. The van der Waals surface area contributed by atoms with E-state index in [1.54, 1.807) is 13.8 Å². The molecule has 0 rings (SSSR count). The molecule has 0 fully saturated rings. The van der Waals surface area contributed by atoms with Crippen molar-refractivity contribution in [2.75, 3.05) is 26.3 Å². The van der Waals surface area contributed by atoms with Gasteiger partial charge in [0.1, 0.15) is 0 Å². The maximum Gasteiger partial charge on any atom is 0.314 e. The molecule has 0 radical (unpaired) electrons. The zero-order valence-corrected chi connectivity index (χ0v) is 11.4. The van der Waals surface area contributed by atoms with Gasteiger partial charge in [-0.15, -0.1) is 0 Å². The number of hydrogen-bond donors (Lipinski definition) is 3. The van der Waals surface area contributed by atoms with Gasteiger partial charge in [0.25, 0.3) is 0 Å². The van der Waals surface area contributed by atoms with Crippen molar-refractivity contribution in [1.82, 2.24) is 10.6 Å². The van der Waals surface area contributed by atoms with Gasteiger partial charge in [-0.3, -0.25) is 4.79 Å². The van der Waals surface area contributed by atoms with Crippen LogP contribution in [0.25, 0.3) is 0 Å². The SMILES string of the molecule is CCCCOCCNC(=O)NCC(C)(C)C(=O)O.